The van der Waals surface area contributed by atoms with Gasteiger partial charge in [0.25, 0.3) is 12.3 Å². The predicted molar refractivity (Wildman–Crippen MR) is 65.1 cm³/mol. The Balaban J connectivity index is 2.64. The van der Waals surface area contributed by atoms with Crippen molar-refractivity contribution in [3.05, 3.63) is 29.8 Å². The van der Waals surface area contributed by atoms with E-state index >= 15 is 0 Å². The maximum Gasteiger partial charge on any atom is 0.265 e. The van der Waals surface area contributed by atoms with Crippen molar-refractivity contribution in [1.29, 1.82) is 0 Å². The van der Waals surface area contributed by atoms with Crippen molar-refractivity contribution in [2.24, 2.45) is 0 Å². The Morgan fingerprint density at radius 3 is 2.67 bits per heavy atom. The molecule has 1 aromatic carbocycles. The van der Waals surface area contributed by atoms with Gasteiger partial charge in [0.05, 0.1) is 0 Å². The lowest BCUT2D eigenvalue weighted by Crippen LogP contribution is -2.35. The van der Waals surface area contributed by atoms with Crippen molar-refractivity contribution in [2.75, 3.05) is 25.5 Å². The van der Waals surface area contributed by atoms with Crippen molar-refractivity contribution in [1.82, 2.24) is 5.32 Å². The second-order valence-corrected chi connectivity index (χ2v) is 4.06. The summed E-state index contributed by atoms with van der Waals surface area (Å²) in [5.74, 6) is -0.488. The molecule has 0 aliphatic rings. The number of nitrogens with one attached hydrogen (secondary N) is 1. The first-order valence-corrected chi connectivity index (χ1v) is 5.43. The molecular weight excluding hydrogens is 242 g/mol. The number of benzene rings is 1. The van der Waals surface area contributed by atoms with E-state index in [0.29, 0.717) is 5.56 Å². The number of hydrogen-bond acceptors (Lipinski definition) is 3. The molecule has 0 heterocycles. The van der Waals surface area contributed by atoms with Gasteiger partial charge in [-0.05, 0) is 18.2 Å². The Morgan fingerprint density at radius 1 is 1.44 bits per heavy atom. The topological polar surface area (TPSA) is 52.6 Å². The van der Waals surface area contributed by atoms with E-state index in [1.54, 1.807) is 18.2 Å². The Hall–Kier alpha value is -1.69. The van der Waals surface area contributed by atoms with Crippen molar-refractivity contribution in [2.45, 2.75) is 12.5 Å². The second-order valence-electron chi connectivity index (χ2n) is 4.06. The van der Waals surface area contributed by atoms with Crippen LogP contribution < -0.4 is 10.2 Å². The normalized spacial score (nSPS) is 12.3. The number of anilines is 1. The predicted octanol–water partition coefficient (Wildman–Crippen LogP) is 1.11. The molecule has 2 N–H and O–H groups in total. The molecule has 1 rings (SSSR count). The lowest BCUT2D eigenvalue weighted by molar-refractivity contribution is -0.00270. The molecule has 1 unspecified atom stereocenters. The molecule has 4 nitrogen and oxygen atoms in total. The third-order valence-electron chi connectivity index (χ3n) is 2.39. The van der Waals surface area contributed by atoms with Gasteiger partial charge < -0.3 is 15.3 Å². The summed E-state index contributed by atoms with van der Waals surface area (Å²) in [7, 11) is 3.66. The van der Waals surface area contributed by atoms with E-state index in [1.165, 1.54) is 0 Å². The third kappa shape index (κ3) is 3.96. The van der Waals surface area contributed by atoms with Crippen molar-refractivity contribution in [3.8, 4) is 0 Å². The summed E-state index contributed by atoms with van der Waals surface area (Å²) >= 11 is 0. The van der Waals surface area contributed by atoms with E-state index in [-0.39, 0.29) is 0 Å². The van der Waals surface area contributed by atoms with Gasteiger partial charge in [-0.25, -0.2) is 8.78 Å². The Morgan fingerprint density at radius 2 is 2.11 bits per heavy atom. The van der Waals surface area contributed by atoms with Gasteiger partial charge in [-0.2, -0.15) is 0 Å². The minimum absolute atomic E-state index is 0.364. The minimum atomic E-state index is -2.86. The first kappa shape index (κ1) is 14.4. The number of carbonyl (C=O) groups is 1. The van der Waals surface area contributed by atoms with Crippen molar-refractivity contribution < 1.29 is 18.7 Å². The largest absolute Gasteiger partial charge is 0.385 e. The number of alkyl halides is 2. The SMILES string of the molecule is CN(C)c1cccc(C(=O)NCC(O)C(F)F)c1. The molecule has 100 valence electrons. The number of aliphatic hydroxyl groups excluding tert-OH is 1. The molecule has 0 saturated carbocycles. The lowest BCUT2D eigenvalue weighted by Gasteiger charge is -2.14. The van der Waals surface area contributed by atoms with Gasteiger partial charge in [0.2, 0.25) is 0 Å². The summed E-state index contributed by atoms with van der Waals surface area (Å²) in [5.41, 5.74) is 1.19. The summed E-state index contributed by atoms with van der Waals surface area (Å²) in [5, 5.41) is 11.2. The smallest absolute Gasteiger partial charge is 0.265 e. The van der Waals surface area contributed by atoms with Crippen LogP contribution in [0.15, 0.2) is 24.3 Å². The molecule has 0 fully saturated rings. The zero-order chi connectivity index (χ0) is 13.7. The van der Waals surface area contributed by atoms with Crippen molar-refractivity contribution in [3.63, 3.8) is 0 Å². The number of amides is 1. The van der Waals surface area contributed by atoms with Crippen LogP contribution in [0.4, 0.5) is 14.5 Å². The molecule has 1 atom stereocenters. The second kappa shape index (κ2) is 6.30. The quantitative estimate of drug-likeness (QED) is 0.831. The number of carbonyl (C=O) groups excluding carboxylic acids is 1. The van der Waals surface area contributed by atoms with E-state index in [1.807, 2.05) is 25.1 Å². The fourth-order valence-electron chi connectivity index (χ4n) is 1.31. The highest BCUT2D eigenvalue weighted by atomic mass is 19.3. The number of halogens is 2. The van der Waals surface area contributed by atoms with Crippen LogP contribution in [0.5, 0.6) is 0 Å². The number of rotatable bonds is 5. The van der Waals surface area contributed by atoms with Gasteiger partial charge in [-0.1, -0.05) is 6.07 Å². The average Bonchev–Trinajstić information content (AvgIpc) is 2.35. The molecule has 0 radical (unpaired) electrons. The molecule has 18 heavy (non-hydrogen) atoms. The molecule has 0 aromatic heterocycles. The van der Waals surface area contributed by atoms with Gasteiger partial charge in [0.1, 0.15) is 6.10 Å². The van der Waals surface area contributed by atoms with E-state index in [4.69, 9.17) is 5.11 Å². The number of aliphatic hydroxyl groups is 1. The van der Waals surface area contributed by atoms with Gasteiger partial charge >= 0.3 is 0 Å². The maximum atomic E-state index is 12.0. The summed E-state index contributed by atoms with van der Waals surface area (Å²) in [6.45, 7) is -0.470. The molecule has 0 spiro atoms. The van der Waals surface area contributed by atoms with Crippen LogP contribution in [-0.4, -0.2) is 44.2 Å². The number of nitrogens with zero attached hydrogens (tertiary/aromatic N) is 1. The maximum absolute atomic E-state index is 12.0. The van der Waals surface area contributed by atoms with E-state index in [9.17, 15) is 13.6 Å². The summed E-state index contributed by atoms with van der Waals surface area (Å²) in [6.07, 6.45) is -4.70. The molecule has 0 aliphatic carbocycles. The van der Waals surface area contributed by atoms with E-state index in [0.717, 1.165) is 5.69 Å². The zero-order valence-corrected chi connectivity index (χ0v) is 10.2. The van der Waals surface area contributed by atoms with Gasteiger partial charge in [-0.15, -0.1) is 0 Å². The van der Waals surface area contributed by atoms with Crippen LogP contribution in [-0.2, 0) is 0 Å². The van der Waals surface area contributed by atoms with Crippen molar-refractivity contribution >= 4 is 11.6 Å². The molecule has 0 aliphatic heterocycles. The van der Waals surface area contributed by atoms with E-state index in [2.05, 4.69) is 5.32 Å². The number of hydrogen-bond donors (Lipinski definition) is 2. The van der Waals surface area contributed by atoms with Crippen LogP contribution in [0.2, 0.25) is 0 Å². The molecule has 0 bridgehead atoms. The average molecular weight is 258 g/mol. The molecule has 6 heteroatoms. The van der Waals surface area contributed by atoms with Crippen LogP contribution in [0.1, 0.15) is 10.4 Å². The summed E-state index contributed by atoms with van der Waals surface area (Å²) in [6, 6.07) is 6.75. The van der Waals surface area contributed by atoms with Crippen LogP contribution in [0.3, 0.4) is 0 Å². The Kier molecular flexibility index (Phi) is 5.03. The van der Waals surface area contributed by atoms with Crippen LogP contribution in [0, 0.1) is 0 Å². The molecule has 1 amide bonds. The standard InChI is InChI=1S/C12H16F2N2O2/c1-16(2)9-5-3-4-8(6-9)12(18)15-7-10(17)11(13)14/h3-6,10-11,17H,7H2,1-2H3,(H,15,18). The highest BCUT2D eigenvalue weighted by Gasteiger charge is 2.17. The van der Waals surface area contributed by atoms with Gasteiger partial charge in [0, 0.05) is 31.9 Å². The van der Waals surface area contributed by atoms with Crippen LogP contribution >= 0.6 is 0 Å². The first-order valence-electron chi connectivity index (χ1n) is 5.43. The minimum Gasteiger partial charge on any atom is -0.385 e. The highest BCUT2D eigenvalue weighted by Crippen LogP contribution is 2.13. The van der Waals surface area contributed by atoms with E-state index < -0.39 is 25.0 Å². The Bertz CT molecular complexity index is 411. The summed E-state index contributed by atoms with van der Waals surface area (Å²) < 4.78 is 24.1. The molecular formula is C12H16F2N2O2. The lowest BCUT2D eigenvalue weighted by atomic mass is 10.2. The van der Waals surface area contributed by atoms with Gasteiger partial charge in [0.15, 0.2) is 0 Å². The van der Waals surface area contributed by atoms with Crippen LogP contribution in [0.25, 0.3) is 0 Å². The fraction of sp³-hybridized carbons (Fsp3) is 0.417. The third-order valence-corrected chi connectivity index (χ3v) is 2.39. The fourth-order valence-corrected chi connectivity index (χ4v) is 1.31. The van der Waals surface area contributed by atoms with Gasteiger partial charge in [-0.3, -0.25) is 4.79 Å². The Labute approximate surface area is 104 Å². The summed E-state index contributed by atoms with van der Waals surface area (Å²) in [4.78, 5) is 13.5. The zero-order valence-electron chi connectivity index (χ0n) is 10.2. The highest BCUT2D eigenvalue weighted by molar-refractivity contribution is 5.95. The molecule has 0 saturated heterocycles. The monoisotopic (exact) mass is 258 g/mol. The first-order chi connectivity index (χ1) is 8.41. The molecule has 1 aromatic rings.